The maximum absolute atomic E-state index is 12.0. The molecule has 110 valence electrons. The van der Waals surface area contributed by atoms with Crippen LogP contribution in [0.25, 0.3) is 0 Å². The fourth-order valence-corrected chi connectivity index (χ4v) is 3.10. The fourth-order valence-electron chi connectivity index (χ4n) is 1.53. The third kappa shape index (κ3) is 5.97. The Morgan fingerprint density at radius 2 is 1.95 bits per heavy atom. The standard InChI is InChI=1S/C14H20N2O2S2/c1-19-12-3-2-11-16-20(17,18)14-8-6-13(7-9-14)5-4-10-15/h6-9,16H,2-3,10-12,15H2,1H3. The van der Waals surface area contributed by atoms with Gasteiger partial charge in [-0.15, -0.1) is 0 Å². The topological polar surface area (TPSA) is 72.2 Å². The van der Waals surface area contributed by atoms with Crippen molar-refractivity contribution in [3.05, 3.63) is 29.8 Å². The molecule has 0 aliphatic carbocycles. The van der Waals surface area contributed by atoms with E-state index < -0.39 is 10.0 Å². The van der Waals surface area contributed by atoms with Crippen LogP contribution in [-0.4, -0.2) is 33.5 Å². The molecule has 0 aliphatic heterocycles. The van der Waals surface area contributed by atoms with Gasteiger partial charge in [0.1, 0.15) is 0 Å². The summed E-state index contributed by atoms with van der Waals surface area (Å²) in [6, 6.07) is 6.49. The molecule has 20 heavy (non-hydrogen) atoms. The predicted octanol–water partition coefficient (Wildman–Crippen LogP) is 1.42. The molecule has 0 saturated heterocycles. The van der Waals surface area contributed by atoms with Crippen molar-refractivity contribution in [1.29, 1.82) is 0 Å². The van der Waals surface area contributed by atoms with Crippen LogP contribution in [0.4, 0.5) is 0 Å². The molecule has 0 aliphatic rings. The molecule has 1 aromatic carbocycles. The van der Waals surface area contributed by atoms with Gasteiger partial charge >= 0.3 is 0 Å². The van der Waals surface area contributed by atoms with E-state index in [0.717, 1.165) is 24.2 Å². The van der Waals surface area contributed by atoms with Gasteiger partial charge in [0.2, 0.25) is 10.0 Å². The number of thioether (sulfide) groups is 1. The summed E-state index contributed by atoms with van der Waals surface area (Å²) in [5, 5.41) is 0. The minimum Gasteiger partial charge on any atom is -0.320 e. The van der Waals surface area contributed by atoms with Gasteiger partial charge < -0.3 is 5.73 Å². The molecule has 0 unspecified atom stereocenters. The van der Waals surface area contributed by atoms with E-state index in [1.807, 2.05) is 6.26 Å². The van der Waals surface area contributed by atoms with Crippen LogP contribution in [0, 0.1) is 11.8 Å². The van der Waals surface area contributed by atoms with Gasteiger partial charge in [0.25, 0.3) is 0 Å². The average Bonchev–Trinajstić information content (AvgIpc) is 2.45. The van der Waals surface area contributed by atoms with E-state index >= 15 is 0 Å². The highest BCUT2D eigenvalue weighted by molar-refractivity contribution is 7.98. The SMILES string of the molecule is CSCCCCNS(=O)(=O)c1ccc(C#CCN)cc1. The van der Waals surface area contributed by atoms with Gasteiger partial charge in [-0.05, 0) is 49.1 Å². The number of benzene rings is 1. The maximum Gasteiger partial charge on any atom is 0.240 e. The molecule has 0 spiro atoms. The first-order valence-corrected chi connectivity index (χ1v) is 9.25. The smallest absolute Gasteiger partial charge is 0.240 e. The minimum absolute atomic E-state index is 0.265. The number of hydrogen-bond acceptors (Lipinski definition) is 4. The number of sulfonamides is 1. The second-order valence-electron chi connectivity index (χ2n) is 4.13. The second kappa shape index (κ2) is 9.03. The zero-order valence-corrected chi connectivity index (χ0v) is 13.2. The highest BCUT2D eigenvalue weighted by Crippen LogP contribution is 2.10. The molecule has 6 heteroatoms. The van der Waals surface area contributed by atoms with E-state index in [-0.39, 0.29) is 11.4 Å². The zero-order chi connectivity index (χ0) is 14.8. The van der Waals surface area contributed by atoms with E-state index in [0.29, 0.717) is 6.54 Å². The van der Waals surface area contributed by atoms with Crippen molar-refractivity contribution in [3.8, 4) is 11.8 Å². The Morgan fingerprint density at radius 3 is 2.55 bits per heavy atom. The Bertz CT molecular complexity index is 557. The van der Waals surface area contributed by atoms with E-state index in [1.165, 1.54) is 0 Å². The van der Waals surface area contributed by atoms with Gasteiger partial charge in [0.05, 0.1) is 11.4 Å². The quantitative estimate of drug-likeness (QED) is 0.590. The van der Waals surface area contributed by atoms with Gasteiger partial charge in [-0.25, -0.2) is 13.1 Å². The first kappa shape index (κ1) is 17.1. The number of nitrogens with one attached hydrogen (secondary N) is 1. The van der Waals surface area contributed by atoms with Crippen LogP contribution in [0.3, 0.4) is 0 Å². The van der Waals surface area contributed by atoms with Crippen LogP contribution >= 0.6 is 11.8 Å². The lowest BCUT2D eigenvalue weighted by Crippen LogP contribution is -2.24. The summed E-state index contributed by atoms with van der Waals surface area (Å²) >= 11 is 1.76. The Balaban J connectivity index is 2.59. The van der Waals surface area contributed by atoms with Crippen molar-refractivity contribution in [2.24, 2.45) is 5.73 Å². The summed E-state index contributed by atoms with van der Waals surface area (Å²) < 4.78 is 26.6. The summed E-state index contributed by atoms with van der Waals surface area (Å²) in [5.41, 5.74) is 6.04. The highest BCUT2D eigenvalue weighted by atomic mass is 32.2. The van der Waals surface area contributed by atoms with Gasteiger partial charge in [-0.1, -0.05) is 11.8 Å². The van der Waals surface area contributed by atoms with Gasteiger partial charge in [-0.2, -0.15) is 11.8 Å². The molecule has 4 nitrogen and oxygen atoms in total. The van der Waals surface area contributed by atoms with Crippen molar-refractivity contribution in [2.75, 3.05) is 25.1 Å². The molecule has 0 atom stereocenters. The number of nitrogens with two attached hydrogens (primary N) is 1. The fraction of sp³-hybridized carbons (Fsp3) is 0.429. The molecule has 1 aromatic rings. The molecule has 0 radical (unpaired) electrons. The summed E-state index contributed by atoms with van der Waals surface area (Å²) in [4.78, 5) is 0.265. The van der Waals surface area contributed by atoms with Crippen LogP contribution < -0.4 is 10.5 Å². The van der Waals surface area contributed by atoms with Crippen LogP contribution in [0.5, 0.6) is 0 Å². The molecule has 0 fully saturated rings. The van der Waals surface area contributed by atoms with E-state index in [4.69, 9.17) is 5.73 Å². The lowest BCUT2D eigenvalue weighted by Gasteiger charge is -2.06. The number of unbranched alkanes of at least 4 members (excludes halogenated alkanes) is 1. The number of rotatable bonds is 7. The van der Waals surface area contributed by atoms with Gasteiger partial charge in [0.15, 0.2) is 0 Å². The molecule has 0 bridgehead atoms. The summed E-state index contributed by atoms with van der Waals surface area (Å²) in [5.74, 6) is 6.64. The average molecular weight is 312 g/mol. The Hall–Kier alpha value is -1.00. The summed E-state index contributed by atoms with van der Waals surface area (Å²) in [7, 11) is -3.41. The molecular weight excluding hydrogens is 292 g/mol. The van der Waals surface area contributed by atoms with E-state index in [2.05, 4.69) is 16.6 Å². The third-order valence-electron chi connectivity index (χ3n) is 2.57. The molecule has 1 rings (SSSR count). The van der Waals surface area contributed by atoms with Crippen LogP contribution in [0.1, 0.15) is 18.4 Å². The van der Waals surface area contributed by atoms with Crippen LogP contribution in [0.2, 0.25) is 0 Å². The van der Waals surface area contributed by atoms with Gasteiger partial charge in [-0.3, -0.25) is 0 Å². The summed E-state index contributed by atoms with van der Waals surface area (Å²) in [6.07, 6.45) is 3.90. The first-order valence-electron chi connectivity index (χ1n) is 6.38. The first-order chi connectivity index (χ1) is 9.60. The number of hydrogen-bond donors (Lipinski definition) is 2. The summed E-state index contributed by atoms with van der Waals surface area (Å²) in [6.45, 7) is 0.759. The Labute approximate surface area is 125 Å². The molecule has 0 saturated carbocycles. The predicted molar refractivity (Wildman–Crippen MR) is 85.2 cm³/mol. The lowest BCUT2D eigenvalue weighted by atomic mass is 10.2. The van der Waals surface area contributed by atoms with Crippen molar-refractivity contribution in [1.82, 2.24) is 4.72 Å². The van der Waals surface area contributed by atoms with Crippen molar-refractivity contribution < 1.29 is 8.42 Å². The highest BCUT2D eigenvalue weighted by Gasteiger charge is 2.12. The molecule has 0 amide bonds. The normalized spacial score (nSPS) is 10.9. The van der Waals surface area contributed by atoms with Crippen molar-refractivity contribution in [2.45, 2.75) is 17.7 Å². The molecular formula is C14H20N2O2S2. The lowest BCUT2D eigenvalue weighted by molar-refractivity contribution is 0.578. The Kier molecular flexibility index (Phi) is 7.70. The monoisotopic (exact) mass is 312 g/mol. The largest absolute Gasteiger partial charge is 0.320 e. The Morgan fingerprint density at radius 1 is 1.25 bits per heavy atom. The molecule has 0 heterocycles. The second-order valence-corrected chi connectivity index (χ2v) is 6.88. The zero-order valence-electron chi connectivity index (χ0n) is 11.6. The van der Waals surface area contributed by atoms with Crippen LogP contribution in [-0.2, 0) is 10.0 Å². The minimum atomic E-state index is -3.41. The maximum atomic E-state index is 12.0. The van der Waals surface area contributed by atoms with Crippen molar-refractivity contribution in [3.63, 3.8) is 0 Å². The molecule has 3 N–H and O–H groups in total. The molecule has 0 aromatic heterocycles. The van der Waals surface area contributed by atoms with Gasteiger partial charge in [0, 0.05) is 12.1 Å². The van der Waals surface area contributed by atoms with E-state index in [9.17, 15) is 8.42 Å². The third-order valence-corrected chi connectivity index (χ3v) is 4.74. The van der Waals surface area contributed by atoms with Crippen molar-refractivity contribution >= 4 is 21.8 Å². The van der Waals surface area contributed by atoms with Crippen LogP contribution in [0.15, 0.2) is 29.2 Å². The van der Waals surface area contributed by atoms with E-state index in [1.54, 1.807) is 36.0 Å².